The Balaban J connectivity index is 2.41. The molecule has 0 heterocycles. The molecule has 0 aliphatic rings. The van der Waals surface area contributed by atoms with Gasteiger partial charge in [0.2, 0.25) is 0 Å². The fourth-order valence-corrected chi connectivity index (χ4v) is 1.37. The second kappa shape index (κ2) is 5.00. The summed E-state index contributed by atoms with van der Waals surface area (Å²) in [5, 5.41) is 9.63. The molecule has 0 fully saturated rings. The van der Waals surface area contributed by atoms with Crippen LogP contribution in [-0.2, 0) is 6.42 Å². The first kappa shape index (κ1) is 10.2. The maximum Gasteiger partial charge on any atom is 0.0707 e. The van der Waals surface area contributed by atoms with E-state index < -0.39 is 0 Å². The van der Waals surface area contributed by atoms with Crippen LogP contribution in [0.15, 0.2) is 30.3 Å². The molecule has 0 aliphatic carbocycles. The number of benzene rings is 1. The molecule has 0 spiro atoms. The van der Waals surface area contributed by atoms with Crippen LogP contribution < -0.4 is 0 Å². The maximum absolute atomic E-state index is 9.63. The Morgan fingerprint density at radius 1 is 1.23 bits per heavy atom. The van der Waals surface area contributed by atoms with E-state index in [1.54, 1.807) is 0 Å². The first-order valence-corrected chi connectivity index (χ1v) is 4.55. The lowest BCUT2D eigenvalue weighted by molar-refractivity contribution is 0.137. The lowest BCUT2D eigenvalue weighted by atomic mass is 10.1. The largest absolute Gasteiger partial charge is 0.391 e. The van der Waals surface area contributed by atoms with E-state index >= 15 is 0 Å². The molecular formula is C11H17NO. The maximum atomic E-state index is 9.63. The van der Waals surface area contributed by atoms with Crippen molar-refractivity contribution in [2.24, 2.45) is 0 Å². The van der Waals surface area contributed by atoms with Crippen molar-refractivity contribution in [3.8, 4) is 0 Å². The van der Waals surface area contributed by atoms with Gasteiger partial charge in [0, 0.05) is 6.54 Å². The first-order valence-electron chi connectivity index (χ1n) is 4.55. The number of aliphatic hydroxyl groups excluding tert-OH is 1. The molecule has 13 heavy (non-hydrogen) atoms. The zero-order chi connectivity index (χ0) is 9.68. The summed E-state index contributed by atoms with van der Waals surface area (Å²) >= 11 is 0. The van der Waals surface area contributed by atoms with E-state index in [4.69, 9.17) is 0 Å². The topological polar surface area (TPSA) is 23.5 Å². The number of aliphatic hydroxyl groups is 1. The van der Waals surface area contributed by atoms with Gasteiger partial charge in [-0.1, -0.05) is 30.3 Å². The average Bonchev–Trinajstić information content (AvgIpc) is 2.04. The minimum absolute atomic E-state index is 0.266. The highest BCUT2D eigenvalue weighted by molar-refractivity contribution is 5.15. The van der Waals surface area contributed by atoms with Crippen molar-refractivity contribution in [2.75, 3.05) is 20.6 Å². The zero-order valence-corrected chi connectivity index (χ0v) is 8.27. The molecule has 0 amide bonds. The van der Waals surface area contributed by atoms with Crippen molar-refractivity contribution in [2.45, 2.75) is 12.5 Å². The van der Waals surface area contributed by atoms with E-state index in [0.29, 0.717) is 0 Å². The molecule has 0 unspecified atom stereocenters. The van der Waals surface area contributed by atoms with Crippen molar-refractivity contribution >= 4 is 0 Å². The molecule has 2 heteroatoms. The molecule has 1 aromatic carbocycles. The Bertz CT molecular complexity index is 233. The smallest absolute Gasteiger partial charge is 0.0707 e. The third-order valence-corrected chi connectivity index (χ3v) is 1.89. The van der Waals surface area contributed by atoms with Crippen molar-refractivity contribution in [3.63, 3.8) is 0 Å². The van der Waals surface area contributed by atoms with Gasteiger partial charge in [0.1, 0.15) is 0 Å². The number of hydrogen-bond donors (Lipinski definition) is 1. The summed E-state index contributed by atoms with van der Waals surface area (Å²) in [7, 11) is 3.93. The summed E-state index contributed by atoms with van der Waals surface area (Å²) < 4.78 is 0. The molecule has 0 aromatic heterocycles. The summed E-state index contributed by atoms with van der Waals surface area (Å²) in [4.78, 5) is 1.99. The number of nitrogens with zero attached hydrogens (tertiary/aromatic N) is 1. The Labute approximate surface area is 79.8 Å². The summed E-state index contributed by atoms with van der Waals surface area (Å²) in [6, 6.07) is 10.1. The predicted octanol–water partition coefficient (Wildman–Crippen LogP) is 1.15. The van der Waals surface area contributed by atoms with Gasteiger partial charge in [0.15, 0.2) is 0 Å². The van der Waals surface area contributed by atoms with Crippen LogP contribution in [0.3, 0.4) is 0 Å². The third-order valence-electron chi connectivity index (χ3n) is 1.89. The zero-order valence-electron chi connectivity index (χ0n) is 8.27. The molecule has 1 atom stereocenters. The Hall–Kier alpha value is -0.860. The molecule has 0 radical (unpaired) electrons. The summed E-state index contributed by atoms with van der Waals surface area (Å²) in [6.45, 7) is 0.717. The van der Waals surface area contributed by atoms with Gasteiger partial charge in [-0.15, -0.1) is 0 Å². The molecule has 0 aliphatic heterocycles. The molecule has 1 rings (SSSR count). The van der Waals surface area contributed by atoms with Crippen molar-refractivity contribution in [3.05, 3.63) is 35.9 Å². The van der Waals surface area contributed by atoms with Crippen LogP contribution in [0.2, 0.25) is 0 Å². The average molecular weight is 179 g/mol. The van der Waals surface area contributed by atoms with Gasteiger partial charge in [-0.3, -0.25) is 0 Å². The molecule has 0 saturated carbocycles. The molecule has 0 bridgehead atoms. The fraction of sp³-hybridized carbons (Fsp3) is 0.455. The molecule has 1 N–H and O–H groups in total. The Morgan fingerprint density at radius 3 is 2.38 bits per heavy atom. The van der Waals surface area contributed by atoms with Crippen LogP contribution in [0.4, 0.5) is 0 Å². The van der Waals surface area contributed by atoms with Gasteiger partial charge in [-0.05, 0) is 26.1 Å². The molecule has 1 aromatic rings. The van der Waals surface area contributed by atoms with Crippen LogP contribution >= 0.6 is 0 Å². The van der Waals surface area contributed by atoms with E-state index in [2.05, 4.69) is 0 Å². The predicted molar refractivity (Wildman–Crippen MR) is 54.7 cm³/mol. The standard InChI is InChI=1S/C11H17NO/c1-12(2)9-11(13)8-10-6-4-3-5-7-10/h3-7,11,13H,8-9H2,1-2H3/t11-/m0/s1. The first-order chi connectivity index (χ1) is 6.18. The quantitative estimate of drug-likeness (QED) is 0.749. The SMILES string of the molecule is CN(C)C[C@@H](O)Cc1ccccc1. The highest BCUT2D eigenvalue weighted by atomic mass is 16.3. The van der Waals surface area contributed by atoms with Crippen LogP contribution in [-0.4, -0.2) is 36.8 Å². The van der Waals surface area contributed by atoms with Gasteiger partial charge in [-0.25, -0.2) is 0 Å². The van der Waals surface area contributed by atoms with Gasteiger partial charge < -0.3 is 10.0 Å². The van der Waals surface area contributed by atoms with Gasteiger partial charge in [-0.2, -0.15) is 0 Å². The number of likely N-dealkylation sites (N-methyl/N-ethyl adjacent to an activating group) is 1. The second-order valence-corrected chi connectivity index (χ2v) is 3.61. The monoisotopic (exact) mass is 179 g/mol. The van der Waals surface area contributed by atoms with Crippen LogP contribution in [0.1, 0.15) is 5.56 Å². The third kappa shape index (κ3) is 4.06. The van der Waals surface area contributed by atoms with Crippen LogP contribution in [0.25, 0.3) is 0 Å². The fourth-order valence-electron chi connectivity index (χ4n) is 1.37. The van der Waals surface area contributed by atoms with Crippen molar-refractivity contribution < 1.29 is 5.11 Å². The summed E-state index contributed by atoms with van der Waals surface area (Å²) in [5.74, 6) is 0. The Morgan fingerprint density at radius 2 is 1.85 bits per heavy atom. The summed E-state index contributed by atoms with van der Waals surface area (Å²) in [5.41, 5.74) is 1.19. The van der Waals surface area contributed by atoms with Crippen molar-refractivity contribution in [1.82, 2.24) is 4.90 Å². The molecule has 72 valence electrons. The highest BCUT2D eigenvalue weighted by Crippen LogP contribution is 2.03. The van der Waals surface area contributed by atoms with E-state index in [1.807, 2.05) is 49.3 Å². The van der Waals surface area contributed by atoms with Gasteiger partial charge in [0.05, 0.1) is 6.10 Å². The normalized spacial score (nSPS) is 13.2. The van der Waals surface area contributed by atoms with Crippen molar-refractivity contribution in [1.29, 1.82) is 0 Å². The molecule has 2 nitrogen and oxygen atoms in total. The van der Waals surface area contributed by atoms with E-state index in [9.17, 15) is 5.11 Å². The lowest BCUT2D eigenvalue weighted by Crippen LogP contribution is -2.27. The second-order valence-electron chi connectivity index (χ2n) is 3.61. The molecular weight excluding hydrogens is 162 g/mol. The molecule has 0 saturated heterocycles. The number of hydrogen-bond acceptors (Lipinski definition) is 2. The number of rotatable bonds is 4. The van der Waals surface area contributed by atoms with Gasteiger partial charge >= 0.3 is 0 Å². The minimum atomic E-state index is -0.266. The van der Waals surface area contributed by atoms with Crippen LogP contribution in [0, 0.1) is 0 Å². The van der Waals surface area contributed by atoms with E-state index in [1.165, 1.54) is 5.56 Å². The van der Waals surface area contributed by atoms with E-state index in [-0.39, 0.29) is 6.10 Å². The van der Waals surface area contributed by atoms with E-state index in [0.717, 1.165) is 13.0 Å². The highest BCUT2D eigenvalue weighted by Gasteiger charge is 2.05. The lowest BCUT2D eigenvalue weighted by Gasteiger charge is -2.15. The van der Waals surface area contributed by atoms with Crippen LogP contribution in [0.5, 0.6) is 0 Å². The van der Waals surface area contributed by atoms with Gasteiger partial charge in [0.25, 0.3) is 0 Å². The minimum Gasteiger partial charge on any atom is -0.391 e. The summed E-state index contributed by atoms with van der Waals surface area (Å²) in [6.07, 6.45) is 0.469. The Kier molecular flexibility index (Phi) is 3.93.